The Labute approximate surface area is 122 Å². The van der Waals surface area contributed by atoms with Crippen LogP contribution in [-0.2, 0) is 11.2 Å². The Morgan fingerprint density at radius 2 is 2.05 bits per heavy atom. The summed E-state index contributed by atoms with van der Waals surface area (Å²) < 4.78 is 0. The Hall–Kier alpha value is -1.35. The van der Waals surface area contributed by atoms with E-state index in [9.17, 15) is 4.79 Å². The molecule has 1 aromatic carbocycles. The molecule has 0 fully saturated rings. The van der Waals surface area contributed by atoms with Crippen molar-refractivity contribution in [1.82, 2.24) is 5.32 Å². The molecule has 1 unspecified atom stereocenters. The fraction of sp³-hybridized carbons (Fsp3) is 0.588. The van der Waals surface area contributed by atoms with Gasteiger partial charge >= 0.3 is 0 Å². The molecule has 0 radical (unpaired) electrons. The van der Waals surface area contributed by atoms with Crippen molar-refractivity contribution in [1.29, 1.82) is 0 Å². The van der Waals surface area contributed by atoms with E-state index in [1.807, 2.05) is 7.05 Å². The van der Waals surface area contributed by atoms with Crippen LogP contribution < -0.4 is 10.2 Å². The van der Waals surface area contributed by atoms with Gasteiger partial charge in [-0.3, -0.25) is 4.79 Å². The van der Waals surface area contributed by atoms with E-state index < -0.39 is 0 Å². The molecule has 2 rings (SSSR count). The Morgan fingerprint density at radius 3 is 2.70 bits per heavy atom. The summed E-state index contributed by atoms with van der Waals surface area (Å²) in [6, 6.07) is 6.97. The molecule has 20 heavy (non-hydrogen) atoms. The molecule has 1 N–H and O–H groups in total. The monoisotopic (exact) mass is 274 g/mol. The molecule has 1 aliphatic rings. The van der Waals surface area contributed by atoms with Gasteiger partial charge in [0, 0.05) is 25.2 Å². The summed E-state index contributed by atoms with van der Waals surface area (Å²) >= 11 is 0. The van der Waals surface area contributed by atoms with Crippen LogP contribution in [0.25, 0.3) is 0 Å². The third kappa shape index (κ3) is 3.21. The van der Waals surface area contributed by atoms with E-state index in [-0.39, 0.29) is 5.91 Å². The van der Waals surface area contributed by atoms with Gasteiger partial charge in [-0.15, -0.1) is 0 Å². The lowest BCUT2D eigenvalue weighted by Gasteiger charge is -2.28. The smallest absolute Gasteiger partial charge is 0.227 e. The van der Waals surface area contributed by atoms with Crippen LogP contribution in [0.3, 0.4) is 0 Å². The predicted molar refractivity (Wildman–Crippen MR) is 84.0 cm³/mol. The molecular formula is C17H26N2O. The molecular weight excluding hydrogens is 248 g/mol. The molecule has 3 heteroatoms. The summed E-state index contributed by atoms with van der Waals surface area (Å²) in [5.74, 6) is 0.884. The van der Waals surface area contributed by atoms with Gasteiger partial charge in [0.25, 0.3) is 0 Å². The molecule has 1 aliphatic heterocycles. The van der Waals surface area contributed by atoms with Crippen molar-refractivity contribution in [2.45, 2.75) is 46.1 Å². The van der Waals surface area contributed by atoms with Crippen LogP contribution in [0.15, 0.2) is 18.2 Å². The van der Waals surface area contributed by atoms with Crippen LogP contribution in [0.2, 0.25) is 0 Å². The quantitative estimate of drug-likeness (QED) is 0.893. The second kappa shape index (κ2) is 6.40. The highest BCUT2D eigenvalue weighted by atomic mass is 16.2. The van der Waals surface area contributed by atoms with Crippen LogP contribution in [0.1, 0.15) is 50.8 Å². The lowest BCUT2D eigenvalue weighted by atomic mass is 9.92. The van der Waals surface area contributed by atoms with Gasteiger partial charge < -0.3 is 10.2 Å². The minimum absolute atomic E-state index is 0.218. The maximum atomic E-state index is 11.7. The van der Waals surface area contributed by atoms with Crippen LogP contribution >= 0.6 is 0 Å². The van der Waals surface area contributed by atoms with E-state index in [2.05, 4.69) is 44.3 Å². The molecule has 1 atom stereocenters. The first-order valence-electron chi connectivity index (χ1n) is 7.65. The first kappa shape index (κ1) is 15.0. The number of amides is 1. The average Bonchev–Trinajstić information content (AvgIpc) is 2.42. The van der Waals surface area contributed by atoms with Crippen LogP contribution in [0, 0.1) is 5.92 Å². The van der Waals surface area contributed by atoms with Crippen LogP contribution in [0.5, 0.6) is 0 Å². The Balaban J connectivity index is 2.27. The van der Waals surface area contributed by atoms with Gasteiger partial charge in [0.2, 0.25) is 5.91 Å². The van der Waals surface area contributed by atoms with Crippen molar-refractivity contribution in [2.75, 3.05) is 18.5 Å². The summed E-state index contributed by atoms with van der Waals surface area (Å²) in [7, 11) is 1.87. The summed E-state index contributed by atoms with van der Waals surface area (Å²) in [6.45, 7) is 7.65. The zero-order valence-electron chi connectivity index (χ0n) is 13.1. The van der Waals surface area contributed by atoms with Gasteiger partial charge in [-0.2, -0.15) is 0 Å². The van der Waals surface area contributed by atoms with E-state index >= 15 is 0 Å². The zero-order chi connectivity index (χ0) is 14.7. The number of hydrogen-bond donors (Lipinski definition) is 1. The molecule has 1 aromatic rings. The topological polar surface area (TPSA) is 32.3 Å². The predicted octanol–water partition coefficient (Wildman–Crippen LogP) is 3.29. The van der Waals surface area contributed by atoms with E-state index in [1.165, 1.54) is 11.1 Å². The standard InChI is InChI=1S/C17H26N2O/c1-5-18-15(10-12(2)3)13-6-8-16-14(11-13)7-9-17(20)19(16)4/h6,8,11-12,15,18H,5,7,9-10H2,1-4H3. The summed E-state index contributed by atoms with van der Waals surface area (Å²) in [4.78, 5) is 13.5. The second-order valence-electron chi connectivity index (χ2n) is 6.08. The lowest BCUT2D eigenvalue weighted by molar-refractivity contribution is -0.118. The van der Waals surface area contributed by atoms with Crippen molar-refractivity contribution in [2.24, 2.45) is 5.92 Å². The van der Waals surface area contributed by atoms with E-state index in [4.69, 9.17) is 0 Å². The van der Waals surface area contributed by atoms with E-state index in [1.54, 1.807) is 4.90 Å². The number of nitrogens with one attached hydrogen (secondary N) is 1. The number of carbonyl (C=O) groups excluding carboxylic acids is 1. The largest absolute Gasteiger partial charge is 0.315 e. The molecule has 0 aliphatic carbocycles. The first-order valence-corrected chi connectivity index (χ1v) is 7.65. The Kier molecular flexibility index (Phi) is 4.81. The molecule has 0 bridgehead atoms. The number of carbonyl (C=O) groups is 1. The molecule has 110 valence electrons. The highest BCUT2D eigenvalue weighted by Gasteiger charge is 2.22. The minimum Gasteiger partial charge on any atom is -0.315 e. The zero-order valence-corrected chi connectivity index (χ0v) is 13.1. The number of aryl methyl sites for hydroxylation is 1. The fourth-order valence-electron chi connectivity index (χ4n) is 2.95. The molecule has 0 saturated heterocycles. The highest BCUT2D eigenvalue weighted by molar-refractivity contribution is 5.95. The third-order valence-corrected chi connectivity index (χ3v) is 4.01. The fourth-order valence-corrected chi connectivity index (χ4v) is 2.95. The van der Waals surface area contributed by atoms with Gasteiger partial charge in [0.05, 0.1) is 0 Å². The van der Waals surface area contributed by atoms with Crippen molar-refractivity contribution in [3.63, 3.8) is 0 Å². The van der Waals surface area contributed by atoms with Gasteiger partial charge in [-0.1, -0.05) is 32.9 Å². The molecule has 0 saturated carbocycles. The van der Waals surface area contributed by atoms with Crippen LogP contribution in [-0.4, -0.2) is 19.5 Å². The summed E-state index contributed by atoms with van der Waals surface area (Å²) in [6.07, 6.45) is 2.64. The van der Waals surface area contributed by atoms with Crippen molar-refractivity contribution in [3.05, 3.63) is 29.3 Å². The Morgan fingerprint density at radius 1 is 1.30 bits per heavy atom. The second-order valence-corrected chi connectivity index (χ2v) is 6.08. The summed E-state index contributed by atoms with van der Waals surface area (Å²) in [5, 5.41) is 3.58. The maximum Gasteiger partial charge on any atom is 0.227 e. The number of fused-ring (bicyclic) bond motifs is 1. The molecule has 0 aromatic heterocycles. The normalized spacial score (nSPS) is 16.4. The first-order chi connectivity index (χ1) is 9.52. The number of anilines is 1. The van der Waals surface area contributed by atoms with Gasteiger partial charge in [0.15, 0.2) is 0 Å². The Bertz CT molecular complexity index is 482. The van der Waals surface area contributed by atoms with Crippen molar-refractivity contribution in [3.8, 4) is 0 Å². The lowest BCUT2D eigenvalue weighted by Crippen LogP contribution is -2.31. The molecule has 1 amide bonds. The van der Waals surface area contributed by atoms with Crippen LogP contribution in [0.4, 0.5) is 5.69 Å². The van der Waals surface area contributed by atoms with Crippen molar-refractivity contribution < 1.29 is 4.79 Å². The van der Waals surface area contributed by atoms with Gasteiger partial charge in [-0.25, -0.2) is 0 Å². The van der Waals surface area contributed by atoms with E-state index in [0.717, 1.165) is 25.1 Å². The highest BCUT2D eigenvalue weighted by Crippen LogP contribution is 2.31. The molecule has 0 spiro atoms. The number of benzene rings is 1. The average molecular weight is 274 g/mol. The summed E-state index contributed by atoms with van der Waals surface area (Å²) in [5.41, 5.74) is 3.73. The number of rotatable bonds is 5. The molecule has 3 nitrogen and oxygen atoms in total. The third-order valence-electron chi connectivity index (χ3n) is 4.01. The van der Waals surface area contributed by atoms with Crippen molar-refractivity contribution >= 4 is 11.6 Å². The minimum atomic E-state index is 0.218. The number of hydrogen-bond acceptors (Lipinski definition) is 2. The van der Waals surface area contributed by atoms with E-state index in [0.29, 0.717) is 18.4 Å². The molecule has 1 heterocycles. The number of nitrogens with zero attached hydrogens (tertiary/aromatic N) is 1. The SMILES string of the molecule is CCNC(CC(C)C)c1ccc2c(c1)CCC(=O)N2C. The maximum absolute atomic E-state index is 11.7. The van der Waals surface area contributed by atoms with Gasteiger partial charge in [0.1, 0.15) is 0 Å². The van der Waals surface area contributed by atoms with Gasteiger partial charge in [-0.05, 0) is 42.5 Å².